The third-order valence-electron chi connectivity index (χ3n) is 3.56. The van der Waals surface area contributed by atoms with Gasteiger partial charge in [0.1, 0.15) is 6.10 Å². The molecule has 2 aromatic rings. The minimum atomic E-state index is -3.02. The van der Waals surface area contributed by atoms with Gasteiger partial charge < -0.3 is 20.1 Å². The second-order valence-corrected chi connectivity index (χ2v) is 6.25. The summed E-state index contributed by atoms with van der Waals surface area (Å²) in [4.78, 5) is 16.5. The Morgan fingerprint density at radius 3 is 2.73 bits per heavy atom. The molecule has 10 heteroatoms. The lowest BCUT2D eigenvalue weighted by molar-refractivity contribution is -0.0519. The molecule has 1 amide bonds. The van der Waals surface area contributed by atoms with Gasteiger partial charge in [0.2, 0.25) is 0 Å². The summed E-state index contributed by atoms with van der Waals surface area (Å²) in [5.41, 5.74) is 0.609. The smallest absolute Gasteiger partial charge is 0.387 e. The molecule has 1 atom stereocenters. The van der Waals surface area contributed by atoms with Crippen LogP contribution in [0.3, 0.4) is 0 Å². The number of anilines is 2. The number of halogens is 4. The van der Waals surface area contributed by atoms with Crippen molar-refractivity contribution in [1.82, 2.24) is 4.98 Å². The Kier molecular flexibility index (Phi) is 5.33. The lowest BCUT2D eigenvalue weighted by Gasteiger charge is -2.28. The first-order valence-corrected chi connectivity index (χ1v) is 8.25. The first-order valence-electron chi connectivity index (χ1n) is 7.49. The van der Waals surface area contributed by atoms with Gasteiger partial charge in [-0.1, -0.05) is 23.2 Å². The van der Waals surface area contributed by atoms with Gasteiger partial charge in [0, 0.05) is 12.4 Å². The number of amides is 1. The quantitative estimate of drug-likeness (QED) is 0.789. The maximum atomic E-state index is 12.7. The summed E-state index contributed by atoms with van der Waals surface area (Å²) in [6, 6.07) is 2.59. The van der Waals surface area contributed by atoms with Crippen LogP contribution in [0, 0.1) is 0 Å². The molecule has 0 spiro atoms. The number of pyridine rings is 1. The highest BCUT2D eigenvalue weighted by molar-refractivity contribution is 6.39. The Balaban J connectivity index is 1.97. The van der Waals surface area contributed by atoms with Crippen molar-refractivity contribution in [2.75, 3.05) is 17.2 Å². The van der Waals surface area contributed by atoms with E-state index in [-0.39, 0.29) is 44.6 Å². The number of hydrogen-bond donors (Lipinski definition) is 2. The second-order valence-electron chi connectivity index (χ2n) is 5.44. The van der Waals surface area contributed by atoms with Crippen LogP contribution in [0.15, 0.2) is 24.5 Å². The Morgan fingerprint density at radius 2 is 2.08 bits per heavy atom. The molecule has 1 aliphatic rings. The van der Waals surface area contributed by atoms with Gasteiger partial charge >= 0.3 is 6.61 Å². The Morgan fingerprint density at radius 1 is 1.38 bits per heavy atom. The molecular formula is C16H13Cl2F2N3O3. The summed E-state index contributed by atoms with van der Waals surface area (Å²) in [5, 5.41) is 5.91. The maximum absolute atomic E-state index is 12.7. The summed E-state index contributed by atoms with van der Waals surface area (Å²) in [5.74, 6) is -0.667. The third kappa shape index (κ3) is 3.76. The van der Waals surface area contributed by atoms with Gasteiger partial charge in [-0.3, -0.25) is 9.78 Å². The highest BCUT2D eigenvalue weighted by Crippen LogP contribution is 2.42. The van der Waals surface area contributed by atoms with Gasteiger partial charge in [0.05, 0.1) is 33.5 Å². The summed E-state index contributed by atoms with van der Waals surface area (Å²) < 4.78 is 35.3. The molecule has 0 radical (unpaired) electrons. The van der Waals surface area contributed by atoms with Crippen molar-refractivity contribution >= 4 is 40.5 Å². The molecule has 0 aliphatic carbocycles. The van der Waals surface area contributed by atoms with E-state index in [9.17, 15) is 13.6 Å². The van der Waals surface area contributed by atoms with Crippen LogP contribution in [0.4, 0.5) is 20.2 Å². The maximum Gasteiger partial charge on any atom is 0.387 e. The van der Waals surface area contributed by atoms with Gasteiger partial charge in [-0.2, -0.15) is 8.78 Å². The molecule has 2 N–H and O–H groups in total. The van der Waals surface area contributed by atoms with E-state index in [0.29, 0.717) is 6.54 Å². The average molecular weight is 404 g/mol. The van der Waals surface area contributed by atoms with Gasteiger partial charge in [-0.25, -0.2) is 0 Å². The molecule has 6 nitrogen and oxygen atoms in total. The number of benzene rings is 1. The van der Waals surface area contributed by atoms with Crippen LogP contribution in [0.5, 0.6) is 11.5 Å². The molecule has 1 aromatic heterocycles. The number of carbonyl (C=O) groups excluding carboxylic acids is 1. The summed E-state index contributed by atoms with van der Waals surface area (Å²) in [6.07, 6.45) is 2.38. The first-order chi connectivity index (χ1) is 12.4. The van der Waals surface area contributed by atoms with Crippen LogP contribution >= 0.6 is 23.2 Å². The summed E-state index contributed by atoms with van der Waals surface area (Å²) >= 11 is 12.0. The van der Waals surface area contributed by atoms with Crippen molar-refractivity contribution in [3.63, 3.8) is 0 Å². The largest absolute Gasteiger partial charge is 0.483 e. The van der Waals surface area contributed by atoms with E-state index < -0.39 is 12.5 Å². The predicted octanol–water partition coefficient (Wildman–Crippen LogP) is 4.43. The second kappa shape index (κ2) is 7.51. The van der Waals surface area contributed by atoms with E-state index >= 15 is 0 Å². The number of aromatic nitrogens is 1. The van der Waals surface area contributed by atoms with Gasteiger partial charge in [-0.05, 0) is 19.1 Å². The van der Waals surface area contributed by atoms with Crippen LogP contribution in [0.1, 0.15) is 17.3 Å². The number of nitrogens with one attached hydrogen (secondary N) is 2. The van der Waals surface area contributed by atoms with Crippen LogP contribution < -0.4 is 20.1 Å². The molecular weight excluding hydrogens is 391 g/mol. The Labute approximate surface area is 157 Å². The SMILES string of the molecule is C[C@@H]1CNc2c(C(=O)Nc3c(Cl)cncc3Cl)ccc(OC(F)F)c2O1. The standard InChI is InChI=1S/C16H13Cl2F2N3O3/c1-7-4-22-12-8(2-3-11(14(12)25-7)26-16(19)20)15(24)23-13-9(17)5-21-6-10(13)18/h2-3,5-7,16,22H,4H2,1H3,(H,21,23,24)/t7-/m1/s1. The fourth-order valence-electron chi connectivity index (χ4n) is 2.43. The fourth-order valence-corrected chi connectivity index (χ4v) is 2.89. The number of fused-ring (bicyclic) bond motifs is 1. The van der Waals surface area contributed by atoms with Crippen LogP contribution in [-0.2, 0) is 0 Å². The molecule has 2 heterocycles. The van der Waals surface area contributed by atoms with E-state index in [4.69, 9.17) is 27.9 Å². The van der Waals surface area contributed by atoms with E-state index in [1.165, 1.54) is 24.5 Å². The molecule has 1 aliphatic heterocycles. The predicted molar refractivity (Wildman–Crippen MR) is 93.9 cm³/mol. The van der Waals surface area contributed by atoms with Gasteiger partial charge in [-0.15, -0.1) is 0 Å². The highest BCUT2D eigenvalue weighted by atomic mass is 35.5. The van der Waals surface area contributed by atoms with Gasteiger partial charge in [0.15, 0.2) is 11.5 Å². The van der Waals surface area contributed by atoms with Crippen molar-refractivity contribution in [1.29, 1.82) is 0 Å². The zero-order chi connectivity index (χ0) is 18.8. The fraction of sp³-hybridized carbons (Fsp3) is 0.250. The van der Waals surface area contributed by atoms with Crippen LogP contribution in [0.25, 0.3) is 0 Å². The average Bonchev–Trinajstić information content (AvgIpc) is 2.58. The van der Waals surface area contributed by atoms with E-state index in [1.54, 1.807) is 6.92 Å². The zero-order valence-electron chi connectivity index (χ0n) is 13.4. The molecule has 26 heavy (non-hydrogen) atoms. The molecule has 0 unspecified atom stereocenters. The Hall–Kier alpha value is -2.32. The van der Waals surface area contributed by atoms with E-state index in [2.05, 4.69) is 20.4 Å². The molecule has 0 fully saturated rings. The normalized spacial score (nSPS) is 15.7. The lowest BCUT2D eigenvalue weighted by atomic mass is 10.1. The van der Waals surface area contributed by atoms with Gasteiger partial charge in [0.25, 0.3) is 5.91 Å². The number of hydrogen-bond acceptors (Lipinski definition) is 5. The van der Waals surface area contributed by atoms with Crippen molar-refractivity contribution in [2.45, 2.75) is 19.6 Å². The minimum absolute atomic E-state index is 0.0450. The molecule has 0 bridgehead atoms. The number of ether oxygens (including phenoxy) is 2. The number of nitrogens with zero attached hydrogens (tertiary/aromatic N) is 1. The minimum Gasteiger partial charge on any atom is -0.483 e. The van der Waals surface area contributed by atoms with Crippen molar-refractivity contribution in [3.8, 4) is 11.5 Å². The topological polar surface area (TPSA) is 72.5 Å². The van der Waals surface area contributed by atoms with Crippen molar-refractivity contribution < 1.29 is 23.0 Å². The number of rotatable bonds is 4. The molecule has 0 saturated carbocycles. The zero-order valence-corrected chi connectivity index (χ0v) is 14.9. The lowest BCUT2D eigenvalue weighted by Crippen LogP contribution is -2.30. The van der Waals surface area contributed by atoms with E-state index in [1.807, 2.05) is 0 Å². The number of alkyl halides is 2. The van der Waals surface area contributed by atoms with Crippen LogP contribution in [0.2, 0.25) is 10.0 Å². The first kappa shape index (κ1) is 18.5. The molecule has 0 saturated heterocycles. The van der Waals surface area contributed by atoms with Crippen molar-refractivity contribution in [3.05, 3.63) is 40.1 Å². The third-order valence-corrected chi connectivity index (χ3v) is 4.13. The molecule has 1 aromatic carbocycles. The molecule has 138 valence electrons. The monoisotopic (exact) mass is 403 g/mol. The van der Waals surface area contributed by atoms with Crippen molar-refractivity contribution in [2.24, 2.45) is 0 Å². The van der Waals surface area contributed by atoms with E-state index in [0.717, 1.165) is 0 Å². The highest BCUT2D eigenvalue weighted by Gasteiger charge is 2.27. The van der Waals surface area contributed by atoms with Crippen LogP contribution in [-0.4, -0.2) is 30.2 Å². The molecule has 3 rings (SSSR count). The summed E-state index contributed by atoms with van der Waals surface area (Å²) in [7, 11) is 0. The Bertz CT molecular complexity index is 831. The summed E-state index contributed by atoms with van der Waals surface area (Å²) in [6.45, 7) is -0.873. The number of carbonyl (C=O) groups is 1.